The van der Waals surface area contributed by atoms with Crippen LogP contribution in [0.3, 0.4) is 0 Å². The average molecular weight is 367 g/mol. The number of nitrogens with zero attached hydrogens (tertiary/aromatic N) is 1. The summed E-state index contributed by atoms with van der Waals surface area (Å²) in [5, 5.41) is 2.48. The van der Waals surface area contributed by atoms with Crippen LogP contribution in [0.4, 0.5) is 0 Å². The second-order valence-electron chi connectivity index (χ2n) is 8.25. The van der Waals surface area contributed by atoms with Gasteiger partial charge in [-0.3, -0.25) is 4.79 Å². The van der Waals surface area contributed by atoms with E-state index in [4.69, 9.17) is 0 Å². The molecule has 1 aliphatic heterocycles. The Labute approximate surface area is 166 Å². The summed E-state index contributed by atoms with van der Waals surface area (Å²) in [6.07, 6.45) is 5.57. The first kappa shape index (κ1) is 17.2. The minimum absolute atomic E-state index is 0.0881. The van der Waals surface area contributed by atoms with Gasteiger partial charge in [-0.05, 0) is 40.3 Å². The summed E-state index contributed by atoms with van der Waals surface area (Å²) in [5.41, 5.74) is 2.44. The van der Waals surface area contributed by atoms with Crippen LogP contribution in [0.2, 0.25) is 0 Å². The molecule has 1 heterocycles. The number of carbonyl (C=O) groups excluding carboxylic acids is 1. The first-order valence-electron chi connectivity index (χ1n) is 10.2. The molecule has 1 amide bonds. The number of fused-ring (bicyclic) bond motifs is 2. The fourth-order valence-electron chi connectivity index (χ4n) is 5.09. The average Bonchev–Trinajstić information content (AvgIpc) is 3.01. The van der Waals surface area contributed by atoms with Crippen LogP contribution in [0.15, 0.2) is 84.9 Å². The van der Waals surface area contributed by atoms with Gasteiger partial charge in [-0.1, -0.05) is 85.8 Å². The maximum atomic E-state index is 13.5. The van der Waals surface area contributed by atoms with Crippen molar-refractivity contribution in [2.75, 3.05) is 0 Å². The topological polar surface area (TPSA) is 20.3 Å². The molecule has 28 heavy (non-hydrogen) atoms. The summed E-state index contributed by atoms with van der Waals surface area (Å²) in [7, 11) is 0. The van der Waals surface area contributed by atoms with Crippen molar-refractivity contribution in [2.45, 2.75) is 25.9 Å². The third-order valence-corrected chi connectivity index (χ3v) is 6.47. The molecular weight excluding hydrogens is 342 g/mol. The minimum atomic E-state index is 0.0881. The van der Waals surface area contributed by atoms with Gasteiger partial charge < -0.3 is 4.90 Å². The Kier molecular flexibility index (Phi) is 4.27. The van der Waals surface area contributed by atoms with Crippen LogP contribution in [0, 0.1) is 17.8 Å². The maximum absolute atomic E-state index is 13.5. The third-order valence-electron chi connectivity index (χ3n) is 6.47. The summed E-state index contributed by atoms with van der Waals surface area (Å²) in [6.45, 7) is 2.90. The highest BCUT2D eigenvalue weighted by molar-refractivity contribution is 5.86. The highest BCUT2D eigenvalue weighted by atomic mass is 16.2. The van der Waals surface area contributed by atoms with Crippen LogP contribution in [0.5, 0.6) is 0 Å². The molecule has 2 heteroatoms. The molecule has 0 bridgehead atoms. The monoisotopic (exact) mass is 367 g/mol. The molecule has 0 N–H and O–H groups in total. The molecule has 4 atom stereocenters. The van der Waals surface area contributed by atoms with Crippen molar-refractivity contribution < 1.29 is 4.79 Å². The zero-order valence-electron chi connectivity index (χ0n) is 16.2. The molecule has 140 valence electrons. The van der Waals surface area contributed by atoms with E-state index in [2.05, 4.69) is 90.7 Å². The van der Waals surface area contributed by atoms with Crippen molar-refractivity contribution >= 4 is 16.7 Å². The van der Waals surface area contributed by atoms with Gasteiger partial charge in [-0.15, -0.1) is 0 Å². The van der Waals surface area contributed by atoms with E-state index in [1.54, 1.807) is 0 Å². The molecular formula is C26H25NO. The van der Waals surface area contributed by atoms with Gasteiger partial charge in [0.15, 0.2) is 0 Å². The fourth-order valence-corrected chi connectivity index (χ4v) is 5.09. The van der Waals surface area contributed by atoms with Gasteiger partial charge in [0, 0.05) is 18.4 Å². The lowest BCUT2D eigenvalue weighted by molar-refractivity contribution is -0.134. The molecule has 5 rings (SSSR count). The highest BCUT2D eigenvalue weighted by Crippen LogP contribution is 2.49. The molecule has 1 aliphatic carbocycles. The predicted octanol–water partition coefficient (Wildman–Crippen LogP) is 5.75. The van der Waals surface area contributed by atoms with E-state index in [9.17, 15) is 4.79 Å². The van der Waals surface area contributed by atoms with E-state index >= 15 is 0 Å². The normalized spacial score (nSPS) is 26.6. The van der Waals surface area contributed by atoms with Gasteiger partial charge in [0.1, 0.15) is 0 Å². The Hall–Kier alpha value is -2.87. The van der Waals surface area contributed by atoms with Crippen molar-refractivity contribution in [2.24, 2.45) is 17.8 Å². The van der Waals surface area contributed by atoms with Crippen LogP contribution in [-0.4, -0.2) is 10.8 Å². The molecule has 2 aliphatic rings. The summed E-state index contributed by atoms with van der Waals surface area (Å²) < 4.78 is 0. The first-order chi connectivity index (χ1) is 13.7. The Morgan fingerprint density at radius 2 is 1.68 bits per heavy atom. The summed E-state index contributed by atoms with van der Waals surface area (Å²) in [4.78, 5) is 15.6. The molecule has 2 nitrogen and oxygen atoms in total. The third kappa shape index (κ3) is 2.84. The van der Waals surface area contributed by atoms with Gasteiger partial charge in [0.05, 0.1) is 6.04 Å². The van der Waals surface area contributed by atoms with Crippen LogP contribution >= 0.6 is 0 Å². The molecule has 0 saturated carbocycles. The number of allylic oxidation sites excluding steroid dienone is 1. The lowest BCUT2D eigenvalue weighted by Gasteiger charge is -2.29. The van der Waals surface area contributed by atoms with Crippen molar-refractivity contribution in [3.63, 3.8) is 0 Å². The Morgan fingerprint density at radius 1 is 0.929 bits per heavy atom. The van der Waals surface area contributed by atoms with Crippen molar-refractivity contribution in [1.82, 2.24) is 4.90 Å². The Morgan fingerprint density at radius 3 is 2.50 bits per heavy atom. The van der Waals surface area contributed by atoms with Crippen LogP contribution in [-0.2, 0) is 11.3 Å². The summed E-state index contributed by atoms with van der Waals surface area (Å²) >= 11 is 0. The number of benzene rings is 3. The largest absolute Gasteiger partial charge is 0.330 e. The van der Waals surface area contributed by atoms with E-state index in [0.717, 1.165) is 6.42 Å². The second kappa shape index (κ2) is 6.94. The number of hydrogen-bond donors (Lipinski definition) is 0. The lowest BCUT2D eigenvalue weighted by Crippen LogP contribution is -2.30. The van der Waals surface area contributed by atoms with E-state index in [0.29, 0.717) is 18.4 Å². The molecule has 1 fully saturated rings. The van der Waals surface area contributed by atoms with Crippen LogP contribution < -0.4 is 0 Å². The van der Waals surface area contributed by atoms with Gasteiger partial charge in [-0.25, -0.2) is 0 Å². The van der Waals surface area contributed by atoms with Gasteiger partial charge >= 0.3 is 0 Å². The van der Waals surface area contributed by atoms with Gasteiger partial charge in [-0.2, -0.15) is 0 Å². The van der Waals surface area contributed by atoms with Crippen molar-refractivity contribution in [1.29, 1.82) is 0 Å². The minimum Gasteiger partial charge on any atom is -0.330 e. The van der Waals surface area contributed by atoms with Crippen molar-refractivity contribution in [3.05, 3.63) is 96.1 Å². The van der Waals surface area contributed by atoms with E-state index in [-0.39, 0.29) is 17.9 Å². The van der Waals surface area contributed by atoms with E-state index < -0.39 is 0 Å². The quantitative estimate of drug-likeness (QED) is 0.540. The second-order valence-corrected chi connectivity index (χ2v) is 8.25. The number of hydrogen-bond acceptors (Lipinski definition) is 1. The molecule has 0 aromatic heterocycles. The smallest absolute Gasteiger partial charge is 0.227 e. The maximum Gasteiger partial charge on any atom is 0.227 e. The molecule has 0 spiro atoms. The lowest BCUT2D eigenvalue weighted by atomic mass is 9.75. The van der Waals surface area contributed by atoms with Gasteiger partial charge in [0.25, 0.3) is 0 Å². The van der Waals surface area contributed by atoms with E-state index in [1.165, 1.54) is 21.9 Å². The zero-order chi connectivity index (χ0) is 19.1. The molecule has 1 saturated heterocycles. The van der Waals surface area contributed by atoms with Gasteiger partial charge in [0.2, 0.25) is 5.91 Å². The van der Waals surface area contributed by atoms with Crippen molar-refractivity contribution in [3.8, 4) is 0 Å². The van der Waals surface area contributed by atoms with E-state index in [1.807, 2.05) is 6.07 Å². The molecule has 3 aromatic carbocycles. The fraction of sp³-hybridized carbons (Fsp3) is 0.269. The zero-order valence-corrected chi connectivity index (χ0v) is 16.2. The van der Waals surface area contributed by atoms with Crippen LogP contribution in [0.25, 0.3) is 10.8 Å². The molecule has 3 aromatic rings. The predicted molar refractivity (Wildman–Crippen MR) is 114 cm³/mol. The number of rotatable bonds is 3. The highest BCUT2D eigenvalue weighted by Gasteiger charge is 2.50. The molecule has 0 unspecified atom stereocenters. The SMILES string of the molecule is C[C@H]1CC=C[C@@H]2[C@@H]1C(=O)N(Cc1ccccc1)[C@H]2c1ccc2ccccc2c1. The number of amides is 1. The Bertz CT molecular complexity index is 1040. The van der Waals surface area contributed by atoms with Crippen LogP contribution in [0.1, 0.15) is 30.5 Å². The standard InChI is InChI=1S/C26H25NO/c1-18-8-7-13-23-24(18)26(28)27(17-19-9-3-2-4-10-19)25(23)22-15-14-20-11-5-6-12-21(20)16-22/h2-7,9-16,18,23-25H,8,17H2,1H3/t18-,23+,24+,25-/m0/s1. The summed E-state index contributed by atoms with van der Waals surface area (Å²) in [6, 6.07) is 25.6. The Balaban J connectivity index is 1.60. The summed E-state index contributed by atoms with van der Waals surface area (Å²) in [5.74, 6) is 1.04. The molecule has 0 radical (unpaired) electrons. The number of likely N-dealkylation sites (tertiary alicyclic amines) is 1. The first-order valence-corrected chi connectivity index (χ1v) is 10.2. The number of carbonyl (C=O) groups is 1.